The van der Waals surface area contributed by atoms with Crippen molar-refractivity contribution in [3.8, 4) is 5.75 Å². The first kappa shape index (κ1) is 11.7. The third-order valence-corrected chi connectivity index (χ3v) is 2.75. The molecule has 1 saturated heterocycles. The number of benzene rings is 1. The largest absolute Gasteiger partial charge is 0.506 e. The first-order chi connectivity index (χ1) is 8.08. The molecule has 1 aromatic rings. The van der Waals surface area contributed by atoms with Gasteiger partial charge in [-0.1, -0.05) is 11.6 Å². The summed E-state index contributed by atoms with van der Waals surface area (Å²) in [5, 5.41) is 11.8. The topological polar surface area (TPSA) is 75.6 Å². The smallest absolute Gasteiger partial charge is 0.328 e. The number of phenolic OH excluding ortho intramolecular Hbond substituents is 1. The Labute approximate surface area is 102 Å². The molecule has 1 aromatic carbocycles. The van der Waals surface area contributed by atoms with E-state index in [9.17, 15) is 14.7 Å². The Bertz CT molecular complexity index is 475. The number of hydrogen-bond donors (Lipinski definition) is 2. The zero-order valence-corrected chi connectivity index (χ0v) is 9.53. The number of aromatic hydroxyl groups is 1. The van der Waals surface area contributed by atoms with Gasteiger partial charge in [0, 0.05) is 12.0 Å². The fourth-order valence-electron chi connectivity index (χ4n) is 1.52. The Morgan fingerprint density at radius 2 is 2.29 bits per heavy atom. The van der Waals surface area contributed by atoms with E-state index in [0.717, 1.165) is 0 Å². The molecule has 0 radical (unpaired) electrons. The normalized spacial score (nSPS) is 18.9. The van der Waals surface area contributed by atoms with Crippen molar-refractivity contribution in [3.05, 3.63) is 28.8 Å². The molecule has 0 saturated carbocycles. The van der Waals surface area contributed by atoms with Gasteiger partial charge in [-0.3, -0.25) is 4.79 Å². The average Bonchev–Trinajstić information content (AvgIpc) is 2.68. The highest BCUT2D eigenvalue weighted by Crippen LogP contribution is 2.23. The van der Waals surface area contributed by atoms with Crippen LogP contribution in [0.3, 0.4) is 0 Å². The summed E-state index contributed by atoms with van der Waals surface area (Å²) in [6.45, 7) is 0.320. The van der Waals surface area contributed by atoms with Crippen LogP contribution in [0.5, 0.6) is 5.75 Å². The van der Waals surface area contributed by atoms with Crippen molar-refractivity contribution in [3.63, 3.8) is 0 Å². The van der Waals surface area contributed by atoms with E-state index in [0.29, 0.717) is 13.0 Å². The van der Waals surface area contributed by atoms with Gasteiger partial charge in [-0.05, 0) is 18.2 Å². The molecule has 1 unspecified atom stereocenters. The van der Waals surface area contributed by atoms with Crippen LogP contribution in [0, 0.1) is 0 Å². The Balaban J connectivity index is 2.09. The Morgan fingerprint density at radius 3 is 2.88 bits per heavy atom. The number of ether oxygens (including phenoxy) is 1. The highest BCUT2D eigenvalue weighted by Gasteiger charge is 2.28. The van der Waals surface area contributed by atoms with Gasteiger partial charge in [0.05, 0.1) is 11.6 Å². The fourth-order valence-corrected chi connectivity index (χ4v) is 1.70. The molecule has 2 rings (SSSR count). The second kappa shape index (κ2) is 4.63. The van der Waals surface area contributed by atoms with E-state index in [4.69, 9.17) is 16.3 Å². The van der Waals surface area contributed by atoms with E-state index in [1.54, 1.807) is 0 Å². The lowest BCUT2D eigenvalue weighted by molar-refractivity contribution is -0.139. The van der Waals surface area contributed by atoms with Crippen LogP contribution in [-0.4, -0.2) is 29.6 Å². The number of rotatable bonds is 2. The van der Waals surface area contributed by atoms with Gasteiger partial charge < -0.3 is 15.2 Å². The number of nitrogens with one attached hydrogen (secondary N) is 1. The fraction of sp³-hybridized carbons (Fsp3) is 0.273. The Morgan fingerprint density at radius 1 is 1.53 bits per heavy atom. The van der Waals surface area contributed by atoms with Gasteiger partial charge in [-0.15, -0.1) is 0 Å². The van der Waals surface area contributed by atoms with Crippen molar-refractivity contribution >= 4 is 23.5 Å². The van der Waals surface area contributed by atoms with Crippen molar-refractivity contribution in [2.24, 2.45) is 0 Å². The van der Waals surface area contributed by atoms with Gasteiger partial charge in [0.25, 0.3) is 5.91 Å². The van der Waals surface area contributed by atoms with Crippen LogP contribution < -0.4 is 5.32 Å². The van der Waals surface area contributed by atoms with Gasteiger partial charge in [0.2, 0.25) is 0 Å². The van der Waals surface area contributed by atoms with Crippen LogP contribution in [0.2, 0.25) is 5.02 Å². The summed E-state index contributed by atoms with van der Waals surface area (Å²) >= 11 is 5.68. The number of cyclic esters (lactones) is 1. The third kappa shape index (κ3) is 2.50. The highest BCUT2D eigenvalue weighted by molar-refractivity contribution is 6.32. The molecule has 1 heterocycles. The molecule has 0 bridgehead atoms. The maximum Gasteiger partial charge on any atom is 0.328 e. The molecule has 2 N–H and O–H groups in total. The van der Waals surface area contributed by atoms with Crippen LogP contribution in [0.1, 0.15) is 16.8 Å². The van der Waals surface area contributed by atoms with Crippen molar-refractivity contribution in [2.75, 3.05) is 6.61 Å². The summed E-state index contributed by atoms with van der Waals surface area (Å²) in [5.41, 5.74) is 0.285. The monoisotopic (exact) mass is 255 g/mol. The molecule has 0 spiro atoms. The molecule has 5 nitrogen and oxygen atoms in total. The average molecular weight is 256 g/mol. The second-order valence-corrected chi connectivity index (χ2v) is 4.06. The zero-order chi connectivity index (χ0) is 12.4. The number of carbonyl (C=O) groups is 2. The van der Waals surface area contributed by atoms with Crippen molar-refractivity contribution in [2.45, 2.75) is 12.5 Å². The van der Waals surface area contributed by atoms with E-state index in [1.807, 2.05) is 0 Å². The molecule has 1 fully saturated rings. The van der Waals surface area contributed by atoms with Gasteiger partial charge in [0.15, 0.2) is 0 Å². The molecule has 90 valence electrons. The molecule has 1 aliphatic heterocycles. The molecular formula is C11H10ClNO4. The first-order valence-electron chi connectivity index (χ1n) is 5.04. The minimum atomic E-state index is -0.602. The Hall–Kier alpha value is -1.75. The molecule has 0 aromatic heterocycles. The number of halogens is 1. The summed E-state index contributed by atoms with van der Waals surface area (Å²) in [6, 6.07) is 3.49. The molecule has 17 heavy (non-hydrogen) atoms. The third-order valence-electron chi connectivity index (χ3n) is 2.45. The summed E-state index contributed by atoms with van der Waals surface area (Å²) < 4.78 is 4.73. The second-order valence-electron chi connectivity index (χ2n) is 3.65. The summed E-state index contributed by atoms with van der Waals surface area (Å²) in [4.78, 5) is 22.9. The molecule has 6 heteroatoms. The van der Waals surface area contributed by atoms with E-state index in [2.05, 4.69) is 5.32 Å². The van der Waals surface area contributed by atoms with E-state index < -0.39 is 17.9 Å². The minimum absolute atomic E-state index is 0.0895. The summed E-state index contributed by atoms with van der Waals surface area (Å²) in [6.07, 6.45) is 0.469. The maximum absolute atomic E-state index is 11.8. The van der Waals surface area contributed by atoms with E-state index in [1.165, 1.54) is 18.2 Å². The van der Waals surface area contributed by atoms with E-state index in [-0.39, 0.29) is 16.3 Å². The molecule has 0 aliphatic carbocycles. The predicted molar refractivity (Wildman–Crippen MR) is 59.9 cm³/mol. The molecular weight excluding hydrogens is 246 g/mol. The lowest BCUT2D eigenvalue weighted by Gasteiger charge is -2.09. The molecule has 1 atom stereocenters. The number of amides is 1. The lowest BCUT2D eigenvalue weighted by atomic mass is 10.1. The van der Waals surface area contributed by atoms with Crippen LogP contribution in [0.25, 0.3) is 0 Å². The number of phenols is 1. The van der Waals surface area contributed by atoms with Crippen molar-refractivity contribution in [1.82, 2.24) is 5.32 Å². The highest BCUT2D eigenvalue weighted by atomic mass is 35.5. The standard InChI is InChI=1S/C11H10ClNO4/c12-7-5-6(1-2-9(7)14)10(15)13-8-3-4-17-11(8)16/h1-2,5,8,14H,3-4H2,(H,13,15). The van der Waals surface area contributed by atoms with Crippen LogP contribution in [-0.2, 0) is 9.53 Å². The molecule has 1 aliphatic rings. The quantitative estimate of drug-likeness (QED) is 0.776. The SMILES string of the molecule is O=C(NC1CCOC1=O)c1ccc(O)c(Cl)c1. The van der Waals surface area contributed by atoms with E-state index >= 15 is 0 Å². The zero-order valence-electron chi connectivity index (χ0n) is 8.77. The summed E-state index contributed by atoms with van der Waals surface area (Å²) in [7, 11) is 0. The molecule has 1 amide bonds. The van der Waals surface area contributed by atoms with Crippen LogP contribution in [0.15, 0.2) is 18.2 Å². The number of carbonyl (C=O) groups excluding carboxylic acids is 2. The maximum atomic E-state index is 11.8. The lowest BCUT2D eigenvalue weighted by Crippen LogP contribution is -2.37. The first-order valence-corrected chi connectivity index (χ1v) is 5.42. The van der Waals surface area contributed by atoms with Gasteiger partial charge in [-0.2, -0.15) is 0 Å². The van der Waals surface area contributed by atoms with Gasteiger partial charge in [-0.25, -0.2) is 4.79 Å². The predicted octanol–water partition coefficient (Wildman–Crippen LogP) is 1.09. The van der Waals surface area contributed by atoms with Gasteiger partial charge in [0.1, 0.15) is 11.8 Å². The number of esters is 1. The van der Waals surface area contributed by atoms with Crippen molar-refractivity contribution in [1.29, 1.82) is 0 Å². The van der Waals surface area contributed by atoms with Crippen molar-refractivity contribution < 1.29 is 19.4 Å². The minimum Gasteiger partial charge on any atom is -0.506 e. The van der Waals surface area contributed by atoms with Crippen LogP contribution >= 0.6 is 11.6 Å². The van der Waals surface area contributed by atoms with Gasteiger partial charge >= 0.3 is 5.97 Å². The Kier molecular flexibility index (Phi) is 3.19. The number of hydrogen-bond acceptors (Lipinski definition) is 4. The summed E-state index contributed by atoms with van der Waals surface area (Å²) in [5.74, 6) is -0.942. The van der Waals surface area contributed by atoms with Crippen LogP contribution in [0.4, 0.5) is 0 Å².